The second-order valence-corrected chi connectivity index (χ2v) is 7.51. The zero-order valence-corrected chi connectivity index (χ0v) is 14.3. The van der Waals surface area contributed by atoms with Crippen LogP contribution in [0.2, 0.25) is 0 Å². The molecule has 114 valence electrons. The smallest absolute Gasteiger partial charge is 0.000966 e. The van der Waals surface area contributed by atoms with Crippen molar-refractivity contribution in [3.63, 3.8) is 0 Å². The number of likely N-dealkylation sites (tertiary alicyclic amines) is 1. The molecule has 1 heteroatoms. The Morgan fingerprint density at radius 1 is 0.684 bits per heavy atom. The van der Waals surface area contributed by atoms with Crippen molar-refractivity contribution in [2.75, 3.05) is 19.6 Å². The third-order valence-electron chi connectivity index (χ3n) is 5.85. The van der Waals surface area contributed by atoms with Crippen molar-refractivity contribution < 1.29 is 0 Å². The summed E-state index contributed by atoms with van der Waals surface area (Å²) in [5.41, 5.74) is 0. The van der Waals surface area contributed by atoms with E-state index in [0.29, 0.717) is 0 Å². The predicted molar refractivity (Wildman–Crippen MR) is 86.4 cm³/mol. The molecular weight excluding hydrogens is 230 g/mol. The van der Waals surface area contributed by atoms with Crippen molar-refractivity contribution >= 4 is 0 Å². The van der Waals surface area contributed by atoms with E-state index in [9.17, 15) is 0 Å². The van der Waals surface area contributed by atoms with E-state index >= 15 is 0 Å². The summed E-state index contributed by atoms with van der Waals surface area (Å²) in [4.78, 5) is 2.72. The maximum Gasteiger partial charge on any atom is 0.000966 e. The Morgan fingerprint density at radius 3 is 1.68 bits per heavy atom. The van der Waals surface area contributed by atoms with Crippen LogP contribution in [-0.4, -0.2) is 24.5 Å². The molecule has 0 aromatic carbocycles. The van der Waals surface area contributed by atoms with Gasteiger partial charge in [-0.1, -0.05) is 54.4 Å². The van der Waals surface area contributed by atoms with Gasteiger partial charge in [-0.05, 0) is 55.5 Å². The van der Waals surface area contributed by atoms with E-state index in [4.69, 9.17) is 0 Å². The summed E-state index contributed by atoms with van der Waals surface area (Å²) < 4.78 is 0. The topological polar surface area (TPSA) is 3.24 Å². The molecule has 0 aromatic rings. The SMILES string of the molecule is CC(C)C(C)C(C)C(C)C(C)CN1CCCCCC1. The van der Waals surface area contributed by atoms with E-state index in [0.717, 1.165) is 29.6 Å². The molecule has 4 unspecified atom stereocenters. The molecule has 0 amide bonds. The van der Waals surface area contributed by atoms with Crippen molar-refractivity contribution in [3.05, 3.63) is 0 Å². The van der Waals surface area contributed by atoms with E-state index in [1.54, 1.807) is 0 Å². The molecule has 1 aliphatic heterocycles. The van der Waals surface area contributed by atoms with Crippen LogP contribution in [0.3, 0.4) is 0 Å². The minimum absolute atomic E-state index is 0.808. The predicted octanol–water partition coefficient (Wildman–Crippen LogP) is 5.06. The monoisotopic (exact) mass is 267 g/mol. The van der Waals surface area contributed by atoms with Crippen LogP contribution >= 0.6 is 0 Å². The van der Waals surface area contributed by atoms with E-state index in [-0.39, 0.29) is 0 Å². The molecule has 0 N–H and O–H groups in total. The van der Waals surface area contributed by atoms with Gasteiger partial charge in [0.25, 0.3) is 0 Å². The molecule has 1 fully saturated rings. The second kappa shape index (κ2) is 8.29. The van der Waals surface area contributed by atoms with Gasteiger partial charge in [0.2, 0.25) is 0 Å². The Hall–Kier alpha value is -0.0400. The van der Waals surface area contributed by atoms with Crippen molar-refractivity contribution in [2.45, 2.75) is 67.2 Å². The van der Waals surface area contributed by atoms with Gasteiger partial charge in [-0.25, -0.2) is 0 Å². The Labute approximate surface area is 122 Å². The van der Waals surface area contributed by atoms with Gasteiger partial charge in [0.15, 0.2) is 0 Å². The van der Waals surface area contributed by atoms with Gasteiger partial charge in [-0.3, -0.25) is 0 Å². The summed E-state index contributed by atoms with van der Waals surface area (Å²) in [6, 6.07) is 0. The maximum absolute atomic E-state index is 2.72. The van der Waals surface area contributed by atoms with E-state index in [1.165, 1.54) is 45.3 Å². The van der Waals surface area contributed by atoms with Crippen molar-refractivity contribution in [3.8, 4) is 0 Å². The highest BCUT2D eigenvalue weighted by Gasteiger charge is 2.26. The third kappa shape index (κ3) is 5.45. The Balaban J connectivity index is 2.44. The first kappa shape index (κ1) is 17.0. The number of hydrogen-bond acceptors (Lipinski definition) is 1. The lowest BCUT2D eigenvalue weighted by molar-refractivity contribution is 0.138. The summed E-state index contributed by atoms with van der Waals surface area (Å²) in [5.74, 6) is 4.14. The highest BCUT2D eigenvalue weighted by molar-refractivity contribution is 4.77. The zero-order chi connectivity index (χ0) is 14.4. The first-order chi connectivity index (χ1) is 8.93. The van der Waals surface area contributed by atoms with Crippen molar-refractivity contribution in [1.29, 1.82) is 0 Å². The van der Waals surface area contributed by atoms with Crippen LogP contribution in [0.5, 0.6) is 0 Å². The minimum Gasteiger partial charge on any atom is -0.303 e. The molecular formula is C18H37N. The normalized spacial score (nSPS) is 24.8. The molecule has 1 aliphatic rings. The molecule has 1 saturated heterocycles. The molecule has 0 bridgehead atoms. The number of nitrogens with zero attached hydrogens (tertiary/aromatic N) is 1. The second-order valence-electron chi connectivity index (χ2n) is 7.51. The fourth-order valence-electron chi connectivity index (χ4n) is 3.50. The van der Waals surface area contributed by atoms with Gasteiger partial charge >= 0.3 is 0 Å². The highest BCUT2D eigenvalue weighted by atomic mass is 15.1. The lowest BCUT2D eigenvalue weighted by Crippen LogP contribution is -2.35. The Bertz CT molecular complexity index is 228. The van der Waals surface area contributed by atoms with Gasteiger partial charge in [0.05, 0.1) is 0 Å². The summed E-state index contributed by atoms with van der Waals surface area (Å²) in [6.07, 6.45) is 5.72. The van der Waals surface area contributed by atoms with Crippen LogP contribution < -0.4 is 0 Å². The zero-order valence-electron chi connectivity index (χ0n) is 14.3. The van der Waals surface area contributed by atoms with Gasteiger partial charge in [0.1, 0.15) is 0 Å². The van der Waals surface area contributed by atoms with Gasteiger partial charge in [-0.15, -0.1) is 0 Å². The molecule has 4 atom stereocenters. The summed E-state index contributed by atoms with van der Waals surface area (Å²) in [6.45, 7) is 18.6. The van der Waals surface area contributed by atoms with Crippen LogP contribution in [0.25, 0.3) is 0 Å². The van der Waals surface area contributed by atoms with Crippen LogP contribution in [0.15, 0.2) is 0 Å². The summed E-state index contributed by atoms with van der Waals surface area (Å²) in [5, 5.41) is 0. The van der Waals surface area contributed by atoms with Gasteiger partial charge in [-0.2, -0.15) is 0 Å². The molecule has 1 heterocycles. The molecule has 1 nitrogen and oxygen atoms in total. The standard InChI is InChI=1S/C18H37N/c1-14(2)16(4)18(6)17(5)15(3)13-19-11-9-7-8-10-12-19/h14-18H,7-13H2,1-6H3. The van der Waals surface area contributed by atoms with Crippen LogP contribution in [0, 0.1) is 29.6 Å². The maximum atomic E-state index is 2.72. The molecule has 0 aliphatic carbocycles. The molecule has 0 saturated carbocycles. The summed E-state index contributed by atoms with van der Waals surface area (Å²) >= 11 is 0. The first-order valence-corrected chi connectivity index (χ1v) is 8.65. The van der Waals surface area contributed by atoms with Gasteiger partial charge in [0, 0.05) is 6.54 Å². The fraction of sp³-hybridized carbons (Fsp3) is 1.00. The fourth-order valence-corrected chi connectivity index (χ4v) is 3.50. The third-order valence-corrected chi connectivity index (χ3v) is 5.85. The number of rotatable bonds is 6. The summed E-state index contributed by atoms with van der Waals surface area (Å²) in [7, 11) is 0. The van der Waals surface area contributed by atoms with Gasteiger partial charge < -0.3 is 4.90 Å². The number of hydrogen-bond donors (Lipinski definition) is 0. The lowest BCUT2D eigenvalue weighted by atomic mass is 9.74. The van der Waals surface area contributed by atoms with E-state index in [2.05, 4.69) is 46.4 Å². The highest BCUT2D eigenvalue weighted by Crippen LogP contribution is 2.31. The molecule has 1 rings (SSSR count). The average Bonchev–Trinajstić information content (AvgIpc) is 2.64. The van der Waals surface area contributed by atoms with Crippen LogP contribution in [0.4, 0.5) is 0 Å². The largest absolute Gasteiger partial charge is 0.303 e. The minimum atomic E-state index is 0.808. The first-order valence-electron chi connectivity index (χ1n) is 8.65. The van der Waals surface area contributed by atoms with E-state index < -0.39 is 0 Å². The molecule has 0 aromatic heterocycles. The molecule has 0 radical (unpaired) electrons. The van der Waals surface area contributed by atoms with Crippen LogP contribution in [-0.2, 0) is 0 Å². The molecule has 0 spiro atoms. The van der Waals surface area contributed by atoms with E-state index in [1.807, 2.05) is 0 Å². The van der Waals surface area contributed by atoms with Crippen molar-refractivity contribution in [2.24, 2.45) is 29.6 Å². The Morgan fingerprint density at radius 2 is 1.21 bits per heavy atom. The Kier molecular flexibility index (Phi) is 7.42. The average molecular weight is 268 g/mol. The van der Waals surface area contributed by atoms with Crippen molar-refractivity contribution in [1.82, 2.24) is 4.90 Å². The lowest BCUT2D eigenvalue weighted by Gasteiger charge is -2.35. The molecule has 19 heavy (non-hydrogen) atoms. The van der Waals surface area contributed by atoms with Crippen LogP contribution in [0.1, 0.15) is 67.2 Å². The quantitative estimate of drug-likeness (QED) is 0.650.